The number of ether oxygens (including phenoxy) is 1. The Hall–Kier alpha value is -0.550. The van der Waals surface area contributed by atoms with Crippen molar-refractivity contribution in [3.05, 3.63) is 35.4 Å². The Labute approximate surface area is 274 Å². The molecule has 0 aromatic heterocycles. The zero-order valence-electron chi connectivity index (χ0n) is 22.1. The quantitative estimate of drug-likeness (QED) is 0.0903. The molecule has 0 amide bonds. The second kappa shape index (κ2) is 19.5. The minimum Gasteiger partial charge on any atom is -1.00 e. The van der Waals surface area contributed by atoms with E-state index in [-0.39, 0.29) is 93.0 Å². The van der Waals surface area contributed by atoms with E-state index in [1.807, 2.05) is 30.3 Å². The second-order valence-corrected chi connectivity index (χ2v) is 6.75. The molecule has 35 heavy (non-hydrogen) atoms. The van der Waals surface area contributed by atoms with Gasteiger partial charge in [-0.15, -0.1) is 0 Å². The molecular weight excluding hydrogens is 529 g/mol. The fourth-order valence-electron chi connectivity index (χ4n) is 2.02. The fraction of sp³-hybridized carbons (Fsp3) is 0.333. The summed E-state index contributed by atoms with van der Waals surface area (Å²) in [7, 11) is 0. The average Bonchev–Trinajstić information content (AvgIpc) is 2.60. The van der Waals surface area contributed by atoms with Crippen LogP contribution >= 0.6 is 11.6 Å². The smallest absolute Gasteiger partial charge is 1.00 e. The molecule has 2 atom stereocenters. The van der Waals surface area contributed by atoms with Crippen molar-refractivity contribution in [2.45, 2.75) is 36.9 Å². The van der Waals surface area contributed by atoms with Gasteiger partial charge in [-0.25, -0.2) is 9.59 Å². The molecule has 0 fully saturated rings. The number of hydrogen-bond acceptors (Lipinski definition) is 9. The number of rotatable bonds is 10. The number of carbonyl (C=O) groups excluding carboxylic acids is 2. The fourth-order valence-corrected chi connectivity index (χ4v) is 2.16. The molecule has 1 rings (SSSR count). The Balaban J connectivity index is -0.000000128. The van der Waals surface area contributed by atoms with Gasteiger partial charge < -0.3 is 39.7 Å². The van der Waals surface area contributed by atoms with E-state index in [4.69, 9.17) is 32.0 Å². The molecule has 6 N–H and O–H groups in total. The number of aliphatic carboxylic acids is 4. The van der Waals surface area contributed by atoms with Crippen LogP contribution in [0.2, 0.25) is 5.02 Å². The molecule has 0 bridgehead atoms. The van der Waals surface area contributed by atoms with Crippen molar-refractivity contribution in [3.8, 4) is 0 Å². The summed E-state index contributed by atoms with van der Waals surface area (Å²) in [6.45, 7) is 0. The Morgan fingerprint density at radius 3 is 1.20 bits per heavy atom. The number of carboxylic acid groups (broad SMARTS) is 4. The summed E-state index contributed by atoms with van der Waals surface area (Å²) in [4.78, 5) is 65.5. The van der Waals surface area contributed by atoms with E-state index in [1.54, 1.807) is 0 Å². The maximum atomic E-state index is 11.4. The van der Waals surface area contributed by atoms with Gasteiger partial charge in [-0.3, -0.25) is 19.2 Å². The zero-order chi connectivity index (χ0) is 25.1. The maximum absolute atomic E-state index is 11.4. The van der Waals surface area contributed by atoms with Gasteiger partial charge in [0.15, 0.2) is 11.2 Å². The van der Waals surface area contributed by atoms with Crippen LogP contribution in [0.15, 0.2) is 30.3 Å². The number of hydrogen-bond donors (Lipinski definition) is 6. The number of aliphatic hydroxyl groups is 2. The van der Waals surface area contributed by atoms with Gasteiger partial charge in [-0.1, -0.05) is 29.8 Å². The topological polar surface area (TPSA) is 233 Å². The van der Waals surface area contributed by atoms with Gasteiger partial charge in [-0.2, -0.15) is 0 Å². The molecule has 17 heteroatoms. The molecular formula is C18H22ClNa3O13. The first-order valence-corrected chi connectivity index (χ1v) is 8.78. The largest absolute Gasteiger partial charge is 1.00 e. The van der Waals surface area contributed by atoms with Gasteiger partial charge in [-0.05, 0) is 12.1 Å². The summed E-state index contributed by atoms with van der Waals surface area (Å²) in [6.07, 6.45) is -5.73. The number of halogens is 1. The molecule has 0 heterocycles. The Morgan fingerprint density at radius 2 is 1.00 bits per heavy atom. The molecule has 1 aromatic carbocycles. The van der Waals surface area contributed by atoms with Crippen molar-refractivity contribution in [3.63, 3.8) is 0 Å². The van der Waals surface area contributed by atoms with Crippen LogP contribution < -0.4 is 88.7 Å². The first kappa shape index (κ1) is 41.6. The Kier molecular flexibility index (Phi) is 23.2. The summed E-state index contributed by atoms with van der Waals surface area (Å²) in [5, 5.41) is 54.4. The average molecular weight is 551 g/mol. The van der Waals surface area contributed by atoms with Crippen LogP contribution in [0.3, 0.4) is 0 Å². The molecule has 182 valence electrons. The van der Waals surface area contributed by atoms with Gasteiger partial charge >= 0.3 is 124 Å². The maximum Gasteiger partial charge on any atom is 1.00 e. The molecule has 0 aliphatic heterocycles. The SMILES string of the molecule is Clc1ccccc1.O=C(O)CC(O)(CC(=O)OC(=O)CC(O)(CC(=O)O)C(=O)O)C(=O)O.[H-].[H-].[H-].[Na+].[Na+].[Na+]. The second-order valence-electron chi connectivity index (χ2n) is 6.31. The summed E-state index contributed by atoms with van der Waals surface area (Å²) < 4.78 is 3.99. The van der Waals surface area contributed by atoms with E-state index in [0.29, 0.717) is 0 Å². The van der Waals surface area contributed by atoms with Crippen molar-refractivity contribution in [2.75, 3.05) is 0 Å². The molecule has 0 aliphatic carbocycles. The minimum absolute atomic E-state index is 0. The minimum atomic E-state index is -3.09. The monoisotopic (exact) mass is 550 g/mol. The first-order valence-electron chi connectivity index (χ1n) is 8.40. The summed E-state index contributed by atoms with van der Waals surface area (Å²) in [5.74, 6) is -11.2. The van der Waals surface area contributed by atoms with Crippen molar-refractivity contribution >= 4 is 47.4 Å². The van der Waals surface area contributed by atoms with Crippen LogP contribution in [0.25, 0.3) is 0 Å². The third kappa shape index (κ3) is 17.5. The van der Waals surface area contributed by atoms with E-state index < -0.39 is 72.7 Å². The molecule has 0 saturated carbocycles. The van der Waals surface area contributed by atoms with E-state index >= 15 is 0 Å². The number of benzene rings is 1. The van der Waals surface area contributed by atoms with Crippen LogP contribution in [-0.4, -0.2) is 77.7 Å². The van der Waals surface area contributed by atoms with E-state index in [2.05, 4.69) is 4.74 Å². The zero-order valence-corrected chi connectivity index (χ0v) is 25.9. The number of carboxylic acids is 4. The third-order valence-electron chi connectivity index (χ3n) is 3.52. The molecule has 13 nitrogen and oxygen atoms in total. The normalized spacial score (nSPS) is 12.7. The summed E-state index contributed by atoms with van der Waals surface area (Å²) in [6, 6.07) is 9.44. The van der Waals surface area contributed by atoms with Crippen LogP contribution in [0.5, 0.6) is 0 Å². The number of carbonyl (C=O) groups is 6. The van der Waals surface area contributed by atoms with Crippen LogP contribution in [-0.2, 0) is 33.5 Å². The van der Waals surface area contributed by atoms with Crippen molar-refractivity contribution in [1.29, 1.82) is 0 Å². The van der Waals surface area contributed by atoms with Crippen LogP contribution in [0, 0.1) is 0 Å². The van der Waals surface area contributed by atoms with Crippen LogP contribution in [0.1, 0.15) is 30.0 Å². The van der Waals surface area contributed by atoms with E-state index in [0.717, 1.165) is 5.02 Å². The molecule has 2 unspecified atom stereocenters. The van der Waals surface area contributed by atoms with Gasteiger partial charge in [0, 0.05) is 5.02 Å². The Morgan fingerprint density at radius 1 is 0.686 bits per heavy atom. The van der Waals surface area contributed by atoms with Gasteiger partial charge in [0.1, 0.15) is 0 Å². The standard InChI is InChI=1S/C12H14O13.C6H5Cl.3Na.3H/c13-5(14)1-11(23,9(19)20)3-7(17)25-8(18)4-12(24,10(21)22)2-6(15)16;7-6-4-2-1-3-5-6;;;;;;/h23-24H,1-4H2,(H,13,14)(H,15,16)(H,19,20)(H,21,22);1-5H;;;;;;/q;;3*+1;3*-1. The van der Waals surface area contributed by atoms with Crippen LogP contribution in [0.4, 0.5) is 0 Å². The van der Waals surface area contributed by atoms with Crippen molar-refractivity contribution in [1.82, 2.24) is 0 Å². The third-order valence-corrected chi connectivity index (χ3v) is 3.77. The molecule has 1 aromatic rings. The first-order chi connectivity index (χ1) is 14.6. The van der Waals surface area contributed by atoms with Crippen molar-refractivity contribution in [2.24, 2.45) is 0 Å². The predicted molar refractivity (Wildman–Crippen MR) is 105 cm³/mol. The Bertz CT molecular complexity index is 847. The molecule has 0 radical (unpaired) electrons. The predicted octanol–water partition coefficient (Wildman–Crippen LogP) is -8.89. The van der Waals surface area contributed by atoms with E-state index in [1.165, 1.54) is 0 Å². The summed E-state index contributed by atoms with van der Waals surface area (Å²) in [5.41, 5.74) is -6.18. The molecule has 0 spiro atoms. The summed E-state index contributed by atoms with van der Waals surface area (Å²) >= 11 is 5.54. The molecule has 0 saturated heterocycles. The van der Waals surface area contributed by atoms with Gasteiger partial charge in [0.2, 0.25) is 0 Å². The number of esters is 2. The molecule has 0 aliphatic rings. The van der Waals surface area contributed by atoms with Crippen molar-refractivity contribution < 1.29 is 157 Å². The van der Waals surface area contributed by atoms with Gasteiger partial charge in [0.25, 0.3) is 0 Å². The van der Waals surface area contributed by atoms with E-state index in [9.17, 15) is 39.0 Å². The van der Waals surface area contributed by atoms with Gasteiger partial charge in [0.05, 0.1) is 25.7 Å².